The summed E-state index contributed by atoms with van der Waals surface area (Å²) in [5, 5.41) is 24.1. The molecule has 0 aromatic carbocycles. The second-order valence-corrected chi connectivity index (χ2v) is 4.64. The first-order valence-corrected chi connectivity index (χ1v) is 6.19. The largest absolute Gasteiger partial charge is 0.279 e. The zero-order valence-electron chi connectivity index (χ0n) is 12.7. The maximum absolute atomic E-state index is 4.07. The van der Waals surface area contributed by atoms with E-state index in [2.05, 4.69) is 41.4 Å². The van der Waals surface area contributed by atoms with Crippen LogP contribution in [-0.2, 0) is 0 Å². The lowest BCUT2D eigenvalue weighted by atomic mass is 10.5. The van der Waals surface area contributed by atoms with E-state index >= 15 is 0 Å². The van der Waals surface area contributed by atoms with Crippen molar-refractivity contribution in [2.24, 2.45) is 10.2 Å². The van der Waals surface area contributed by atoms with Gasteiger partial charge in [0, 0.05) is 11.4 Å². The van der Waals surface area contributed by atoms with Crippen LogP contribution >= 0.6 is 0 Å². The second-order valence-electron chi connectivity index (χ2n) is 4.64. The minimum absolute atomic E-state index is 0.404. The number of nitrogens with one attached hydrogen (secondary N) is 2. The molecule has 0 aliphatic rings. The summed E-state index contributed by atoms with van der Waals surface area (Å²) in [6, 6.07) is 0. The fourth-order valence-corrected chi connectivity index (χ4v) is 1.02. The maximum atomic E-state index is 4.07. The molecule has 1 heterocycles. The first-order valence-electron chi connectivity index (χ1n) is 6.19. The minimum atomic E-state index is 0.404. The van der Waals surface area contributed by atoms with E-state index in [1.807, 2.05) is 41.5 Å². The second kappa shape index (κ2) is 7.27. The topological polar surface area (TPSA) is 100 Å². The molecule has 1 aromatic rings. The Kier molecular flexibility index (Phi) is 5.70. The highest BCUT2D eigenvalue weighted by molar-refractivity contribution is 5.79. The lowest BCUT2D eigenvalue weighted by molar-refractivity contribution is 0.749. The van der Waals surface area contributed by atoms with Gasteiger partial charge in [0.2, 0.25) is 11.0 Å². The summed E-state index contributed by atoms with van der Waals surface area (Å²) in [6.45, 7) is 11.2. The summed E-state index contributed by atoms with van der Waals surface area (Å²) in [7, 11) is 0. The van der Waals surface area contributed by atoms with Gasteiger partial charge < -0.3 is 0 Å². The van der Waals surface area contributed by atoms with Crippen molar-refractivity contribution in [1.82, 2.24) is 31.2 Å². The van der Waals surface area contributed by atoms with Crippen molar-refractivity contribution < 1.29 is 0 Å². The molecule has 0 fully saturated rings. The zero-order chi connectivity index (χ0) is 15.1. The molecule has 2 N–H and O–H groups in total. The van der Waals surface area contributed by atoms with E-state index in [9.17, 15) is 0 Å². The summed E-state index contributed by atoms with van der Waals surface area (Å²) in [6.07, 6.45) is 0. The molecule has 1 rings (SSSR count). The van der Waals surface area contributed by atoms with Gasteiger partial charge in [-0.3, -0.25) is 10.9 Å². The summed E-state index contributed by atoms with van der Waals surface area (Å²) >= 11 is 0. The fourth-order valence-electron chi connectivity index (χ4n) is 1.02. The Morgan fingerprint density at radius 1 is 0.650 bits per heavy atom. The van der Waals surface area contributed by atoms with Crippen LogP contribution in [0.1, 0.15) is 41.5 Å². The Balaban J connectivity index is 3.04. The summed E-state index contributed by atoms with van der Waals surface area (Å²) in [5.41, 5.74) is 9.68. The highest BCUT2D eigenvalue weighted by atomic mass is 15.3. The quantitative estimate of drug-likeness (QED) is 0.567. The molecule has 0 amide bonds. The summed E-state index contributed by atoms with van der Waals surface area (Å²) in [4.78, 5) is 0. The van der Waals surface area contributed by atoms with Crippen molar-refractivity contribution in [3.8, 4) is 0 Å². The van der Waals surface area contributed by atoms with E-state index in [1.165, 1.54) is 0 Å². The van der Waals surface area contributed by atoms with E-state index in [-0.39, 0.29) is 0 Å². The van der Waals surface area contributed by atoms with Gasteiger partial charge in [0.05, 0.1) is 11.4 Å². The van der Waals surface area contributed by atoms with Crippen molar-refractivity contribution in [1.29, 1.82) is 0 Å². The molecule has 0 aliphatic carbocycles. The van der Waals surface area contributed by atoms with Crippen molar-refractivity contribution >= 4 is 22.8 Å². The molecule has 0 bridgehead atoms. The Morgan fingerprint density at radius 2 is 0.950 bits per heavy atom. The average molecular weight is 276 g/mol. The Hall–Kier alpha value is -2.38. The Bertz CT molecular complexity index is 555. The minimum Gasteiger partial charge on any atom is -0.279 e. The summed E-state index contributed by atoms with van der Waals surface area (Å²) in [5.74, 6) is 0. The third-order valence-corrected chi connectivity index (χ3v) is 2.04. The smallest absolute Gasteiger partial charge is 0.216 e. The molecule has 0 spiro atoms. The zero-order valence-corrected chi connectivity index (χ0v) is 12.7. The van der Waals surface area contributed by atoms with Gasteiger partial charge in [0.15, 0.2) is 0 Å². The Morgan fingerprint density at radius 3 is 1.20 bits per heavy atom. The molecule has 1 aromatic heterocycles. The van der Waals surface area contributed by atoms with Gasteiger partial charge in [-0.25, -0.2) is 0 Å². The molecule has 20 heavy (non-hydrogen) atoms. The summed E-state index contributed by atoms with van der Waals surface area (Å²) < 4.78 is 0. The standard InChI is InChI=1S/C12H20N8/c1-7(2)13-15-9(5)11-17-19-12(20-18-11)10(6)16-14-8(3)4/h15-16H,1-6H3. The van der Waals surface area contributed by atoms with Crippen molar-refractivity contribution in [2.45, 2.75) is 41.5 Å². The molecule has 0 unspecified atom stereocenters. The fraction of sp³-hybridized carbons (Fsp3) is 0.500. The third-order valence-electron chi connectivity index (χ3n) is 2.04. The SMILES string of the molecule is CC(C)=NNC(C)=c1nnc(=C(C)NN=C(C)C)nn1. The molecular formula is C12H20N8. The van der Waals surface area contributed by atoms with E-state index in [0.717, 1.165) is 11.4 Å². The van der Waals surface area contributed by atoms with Crippen LogP contribution in [0, 0.1) is 0 Å². The molecule has 0 radical (unpaired) electrons. The van der Waals surface area contributed by atoms with Crippen molar-refractivity contribution in [2.75, 3.05) is 0 Å². The van der Waals surface area contributed by atoms with Crippen LogP contribution in [0.15, 0.2) is 10.2 Å². The monoisotopic (exact) mass is 276 g/mol. The van der Waals surface area contributed by atoms with Crippen LogP contribution < -0.4 is 21.8 Å². The van der Waals surface area contributed by atoms with Crippen LogP contribution in [0.3, 0.4) is 0 Å². The normalized spacial score (nSPS) is 9.50. The molecule has 0 aliphatic heterocycles. The molecular weight excluding hydrogens is 256 g/mol. The number of hydrogen-bond donors (Lipinski definition) is 2. The van der Waals surface area contributed by atoms with Crippen LogP contribution in [0.5, 0.6) is 0 Å². The van der Waals surface area contributed by atoms with Gasteiger partial charge in [0.1, 0.15) is 0 Å². The van der Waals surface area contributed by atoms with Gasteiger partial charge in [-0.15, -0.1) is 20.4 Å². The van der Waals surface area contributed by atoms with Gasteiger partial charge in [0.25, 0.3) is 0 Å². The average Bonchev–Trinajstić information content (AvgIpc) is 2.42. The first-order chi connectivity index (χ1) is 9.40. The molecule has 0 atom stereocenters. The van der Waals surface area contributed by atoms with Crippen LogP contribution in [-0.4, -0.2) is 31.8 Å². The van der Waals surface area contributed by atoms with Crippen molar-refractivity contribution in [3.63, 3.8) is 0 Å². The molecule has 108 valence electrons. The number of rotatable bonds is 4. The van der Waals surface area contributed by atoms with E-state index in [0.29, 0.717) is 22.4 Å². The van der Waals surface area contributed by atoms with Crippen LogP contribution in [0.25, 0.3) is 11.4 Å². The predicted octanol–water partition coefficient (Wildman–Crippen LogP) is -0.506. The van der Waals surface area contributed by atoms with Gasteiger partial charge in [-0.05, 0) is 41.5 Å². The third kappa shape index (κ3) is 5.09. The number of aromatic nitrogens is 4. The van der Waals surface area contributed by atoms with Crippen LogP contribution in [0.2, 0.25) is 0 Å². The van der Waals surface area contributed by atoms with Gasteiger partial charge in [-0.1, -0.05) is 0 Å². The Labute approximate surface area is 117 Å². The van der Waals surface area contributed by atoms with E-state index in [1.54, 1.807) is 0 Å². The highest BCUT2D eigenvalue weighted by Crippen LogP contribution is 1.82. The highest BCUT2D eigenvalue weighted by Gasteiger charge is 1.96. The van der Waals surface area contributed by atoms with Gasteiger partial charge >= 0.3 is 0 Å². The predicted molar refractivity (Wildman–Crippen MR) is 78.9 cm³/mol. The van der Waals surface area contributed by atoms with Crippen molar-refractivity contribution in [3.05, 3.63) is 11.0 Å². The first kappa shape index (κ1) is 15.7. The van der Waals surface area contributed by atoms with Gasteiger partial charge in [-0.2, -0.15) is 10.2 Å². The number of hydrogen-bond acceptors (Lipinski definition) is 8. The molecule has 0 saturated carbocycles. The molecule has 8 nitrogen and oxygen atoms in total. The number of hydrazone groups is 2. The lowest BCUT2D eigenvalue weighted by Crippen LogP contribution is -2.32. The molecule has 8 heteroatoms. The van der Waals surface area contributed by atoms with Crippen LogP contribution in [0.4, 0.5) is 0 Å². The van der Waals surface area contributed by atoms with E-state index < -0.39 is 0 Å². The maximum Gasteiger partial charge on any atom is 0.216 e. The molecule has 0 saturated heterocycles. The number of nitrogens with zero attached hydrogens (tertiary/aromatic N) is 6. The van der Waals surface area contributed by atoms with E-state index in [4.69, 9.17) is 0 Å². The lowest BCUT2D eigenvalue weighted by Gasteiger charge is -2.00.